The van der Waals surface area contributed by atoms with Crippen molar-refractivity contribution in [2.45, 2.75) is 19.4 Å². The van der Waals surface area contributed by atoms with Crippen LogP contribution in [0, 0.1) is 6.92 Å². The Hall–Kier alpha value is -2.77. The summed E-state index contributed by atoms with van der Waals surface area (Å²) in [5.74, 6) is 0.433. The van der Waals surface area contributed by atoms with Gasteiger partial charge in [0.25, 0.3) is 0 Å². The first-order chi connectivity index (χ1) is 16.4. The van der Waals surface area contributed by atoms with Gasteiger partial charge in [-0.15, -0.1) is 4.89 Å². The van der Waals surface area contributed by atoms with E-state index in [1.54, 1.807) is 24.4 Å². The summed E-state index contributed by atoms with van der Waals surface area (Å²) in [6.07, 6.45) is 3.33. The van der Waals surface area contributed by atoms with Crippen LogP contribution in [0.4, 0.5) is 0 Å². The molecule has 3 heterocycles. The lowest BCUT2D eigenvalue weighted by molar-refractivity contribution is 0.0875. The summed E-state index contributed by atoms with van der Waals surface area (Å²) in [5.41, 5.74) is 3.22. The number of hydrogen-bond donors (Lipinski definition) is 1. The van der Waals surface area contributed by atoms with Crippen LogP contribution in [0.15, 0.2) is 60.9 Å². The molecule has 1 N–H and O–H groups in total. The molecule has 0 bridgehead atoms. The van der Waals surface area contributed by atoms with Crippen molar-refractivity contribution in [1.82, 2.24) is 9.97 Å². The van der Waals surface area contributed by atoms with E-state index in [2.05, 4.69) is 14.5 Å². The molecule has 3 atom stereocenters. The van der Waals surface area contributed by atoms with Crippen molar-refractivity contribution in [2.75, 3.05) is 13.4 Å². The van der Waals surface area contributed by atoms with E-state index in [1.165, 1.54) is 6.20 Å². The van der Waals surface area contributed by atoms with E-state index in [-0.39, 0.29) is 12.9 Å². The summed E-state index contributed by atoms with van der Waals surface area (Å²) in [6, 6.07) is 14.9. The summed E-state index contributed by atoms with van der Waals surface area (Å²) >= 11 is 0. The summed E-state index contributed by atoms with van der Waals surface area (Å²) in [6.45, 7) is 1.94. The smallest absolute Gasteiger partial charge is 0.462 e. The molecule has 11 heteroatoms. The van der Waals surface area contributed by atoms with E-state index in [0.717, 1.165) is 11.1 Å². The maximum absolute atomic E-state index is 13.7. The van der Waals surface area contributed by atoms with Crippen LogP contribution in [0.25, 0.3) is 21.8 Å². The van der Waals surface area contributed by atoms with Crippen molar-refractivity contribution >= 4 is 43.0 Å². The topological polar surface area (TPSA) is 117 Å². The number of rotatable bonds is 6. The average molecular weight is 499 g/mol. The van der Waals surface area contributed by atoms with Crippen LogP contribution in [0.2, 0.25) is 0 Å². The Labute approximate surface area is 196 Å². The maximum Gasteiger partial charge on any atom is 0.698 e. The fraction of sp³-hybridized carbons (Fsp3) is 0.217. The predicted octanol–water partition coefficient (Wildman–Crippen LogP) is 5.09. The van der Waals surface area contributed by atoms with Crippen molar-refractivity contribution in [3.63, 3.8) is 0 Å². The molecule has 174 valence electrons. The Balaban J connectivity index is 1.47. The maximum atomic E-state index is 13.7. The van der Waals surface area contributed by atoms with Crippen molar-refractivity contribution in [1.29, 1.82) is 0 Å². The monoisotopic (exact) mass is 499 g/mol. The molecule has 1 aliphatic heterocycles. The lowest BCUT2D eigenvalue weighted by Crippen LogP contribution is -2.20. The van der Waals surface area contributed by atoms with Gasteiger partial charge < -0.3 is 9.26 Å². The Morgan fingerprint density at radius 1 is 1.18 bits per heavy atom. The molecular weight excluding hydrogens is 478 g/mol. The number of ether oxygens (including phenoxy) is 1. The minimum atomic E-state index is -3.58. The zero-order valence-electron chi connectivity index (χ0n) is 18.2. The van der Waals surface area contributed by atoms with E-state index in [9.17, 15) is 9.13 Å². The molecule has 3 unspecified atom stereocenters. The van der Waals surface area contributed by atoms with E-state index in [4.69, 9.17) is 18.7 Å². The predicted molar refractivity (Wildman–Crippen MR) is 126 cm³/mol. The van der Waals surface area contributed by atoms with Gasteiger partial charge in [0.15, 0.2) is 0 Å². The number of fused-ring (bicyclic) bond motifs is 3. The van der Waals surface area contributed by atoms with Crippen LogP contribution in [0.1, 0.15) is 23.7 Å². The van der Waals surface area contributed by atoms with Crippen molar-refractivity contribution in [3.05, 3.63) is 72.1 Å². The Bertz CT molecular complexity index is 1450. The molecule has 0 spiro atoms. The van der Waals surface area contributed by atoms with Gasteiger partial charge in [0.05, 0.1) is 23.5 Å². The van der Waals surface area contributed by atoms with Gasteiger partial charge in [-0.05, 0) is 30.7 Å². The molecule has 34 heavy (non-hydrogen) atoms. The molecule has 5 rings (SSSR count). The normalized spacial score (nSPS) is 21.0. The third-order valence-electron chi connectivity index (χ3n) is 5.52. The van der Waals surface area contributed by atoms with Crippen LogP contribution >= 0.6 is 15.9 Å². The molecule has 1 aliphatic rings. The molecular formula is C23H21N2O7P2+. The van der Waals surface area contributed by atoms with Crippen LogP contribution in [0.3, 0.4) is 0 Å². The van der Waals surface area contributed by atoms with Gasteiger partial charge in [0, 0.05) is 34.2 Å². The van der Waals surface area contributed by atoms with Gasteiger partial charge in [0.1, 0.15) is 11.3 Å². The zero-order valence-corrected chi connectivity index (χ0v) is 19.9. The quantitative estimate of drug-likeness (QED) is 0.220. The first kappa shape index (κ1) is 23.0. The van der Waals surface area contributed by atoms with Gasteiger partial charge in [-0.3, -0.25) is 19.1 Å². The Morgan fingerprint density at radius 2 is 2.06 bits per heavy atom. The molecule has 1 fully saturated rings. The molecule has 0 radical (unpaired) electrons. The fourth-order valence-electron chi connectivity index (χ4n) is 3.95. The lowest BCUT2D eigenvalue weighted by Gasteiger charge is -2.30. The minimum absolute atomic E-state index is 0.315. The highest BCUT2D eigenvalue weighted by atomic mass is 31.2. The van der Waals surface area contributed by atoms with Crippen molar-refractivity contribution in [3.8, 4) is 5.75 Å². The largest absolute Gasteiger partial charge is 0.698 e. The highest BCUT2D eigenvalue weighted by molar-refractivity contribution is 7.62. The second-order valence-electron chi connectivity index (χ2n) is 7.79. The highest BCUT2D eigenvalue weighted by Gasteiger charge is 2.36. The molecule has 0 amide bonds. The number of aryl methyl sites for hydroxylation is 1. The standard InChI is InChI=1S/C23H20N2O7P2/c1-15-3-2-4-16(11-15)20-8-10-31-34(28,32-20)18-12-17-5-6-19-21(29-14-30-33(26)27)7-9-24-23(19)22(17)25-13-18/h2-7,9,11-13,20H,8,10,14H2,1H3/p+1. The number of benzene rings is 2. The minimum Gasteiger partial charge on any atom is -0.462 e. The molecule has 1 saturated heterocycles. The molecule has 2 aromatic carbocycles. The number of aromatic nitrogens is 2. The van der Waals surface area contributed by atoms with E-state index < -0.39 is 15.9 Å². The first-order valence-corrected chi connectivity index (χ1v) is 13.2. The van der Waals surface area contributed by atoms with E-state index in [1.807, 2.05) is 37.3 Å². The molecule has 4 aromatic rings. The van der Waals surface area contributed by atoms with Gasteiger partial charge in [-0.25, -0.2) is 0 Å². The Morgan fingerprint density at radius 3 is 2.88 bits per heavy atom. The van der Waals surface area contributed by atoms with Crippen molar-refractivity contribution < 1.29 is 32.3 Å². The number of pyridine rings is 2. The van der Waals surface area contributed by atoms with Crippen LogP contribution in [-0.4, -0.2) is 28.3 Å². The number of nitrogens with zero attached hydrogens (tertiary/aromatic N) is 2. The third kappa shape index (κ3) is 4.59. The second kappa shape index (κ2) is 9.47. The van der Waals surface area contributed by atoms with Gasteiger partial charge >= 0.3 is 15.9 Å². The van der Waals surface area contributed by atoms with Gasteiger partial charge in [0.2, 0.25) is 6.79 Å². The van der Waals surface area contributed by atoms with Crippen LogP contribution < -0.4 is 10.0 Å². The van der Waals surface area contributed by atoms with Crippen molar-refractivity contribution in [2.24, 2.45) is 0 Å². The molecule has 2 aromatic heterocycles. The second-order valence-corrected chi connectivity index (χ2v) is 10.5. The van der Waals surface area contributed by atoms with Crippen LogP contribution in [0.5, 0.6) is 5.75 Å². The van der Waals surface area contributed by atoms with Crippen LogP contribution in [-0.2, 0) is 22.7 Å². The van der Waals surface area contributed by atoms with E-state index in [0.29, 0.717) is 45.9 Å². The summed E-state index contributed by atoms with van der Waals surface area (Å²) in [4.78, 5) is 17.7. The summed E-state index contributed by atoms with van der Waals surface area (Å²) in [5, 5.41) is 1.75. The molecule has 9 nitrogen and oxygen atoms in total. The summed E-state index contributed by atoms with van der Waals surface area (Å²) < 4.78 is 46.1. The first-order valence-electron chi connectivity index (χ1n) is 10.5. The Kier molecular flexibility index (Phi) is 6.40. The SMILES string of the molecule is Cc1cccc(C2CCOP(=O)(c3cnc4c(ccc5c(OCO[P+](=O)O)ccnc54)c3)O2)c1. The summed E-state index contributed by atoms with van der Waals surface area (Å²) in [7, 11) is -6.33. The van der Waals surface area contributed by atoms with Gasteiger partial charge in [-0.2, -0.15) is 0 Å². The fourth-order valence-corrected chi connectivity index (χ4v) is 5.83. The lowest BCUT2D eigenvalue weighted by atomic mass is 10.0. The molecule has 0 saturated carbocycles. The van der Waals surface area contributed by atoms with E-state index >= 15 is 0 Å². The average Bonchev–Trinajstić information content (AvgIpc) is 2.83. The van der Waals surface area contributed by atoms with Gasteiger partial charge in [-0.1, -0.05) is 40.4 Å². The highest BCUT2D eigenvalue weighted by Crippen LogP contribution is 2.55. The number of hydrogen-bond acceptors (Lipinski definition) is 8. The zero-order chi connectivity index (χ0) is 23.7. The molecule has 0 aliphatic carbocycles. The third-order valence-corrected chi connectivity index (χ3v) is 7.78.